The highest BCUT2D eigenvalue weighted by Crippen LogP contribution is 2.15. The third kappa shape index (κ3) is 3.78. The summed E-state index contributed by atoms with van der Waals surface area (Å²) in [7, 11) is 0. The third-order valence-corrected chi connectivity index (χ3v) is 3.39. The summed E-state index contributed by atoms with van der Waals surface area (Å²) < 4.78 is 0. The van der Waals surface area contributed by atoms with Crippen LogP contribution in [0.4, 0.5) is 0 Å². The van der Waals surface area contributed by atoms with Gasteiger partial charge in [0.15, 0.2) is 0 Å². The Balaban J connectivity index is 2.18. The molecule has 0 saturated carbocycles. The molecule has 1 rings (SSSR count). The molecule has 0 fully saturated rings. The van der Waals surface area contributed by atoms with E-state index in [9.17, 15) is 4.79 Å². The average molecular weight is 217 g/mol. The van der Waals surface area contributed by atoms with Crippen LogP contribution in [-0.4, -0.2) is 21.8 Å². The molecule has 72 valence electrons. The molecule has 0 aliphatic rings. The van der Waals surface area contributed by atoms with Crippen molar-refractivity contribution in [2.45, 2.75) is 12.7 Å². The van der Waals surface area contributed by atoms with Gasteiger partial charge in [0.25, 0.3) is 0 Å². The van der Waals surface area contributed by atoms with Crippen molar-refractivity contribution < 1.29 is 9.90 Å². The van der Waals surface area contributed by atoms with Gasteiger partial charge >= 0.3 is 5.97 Å². The Morgan fingerprint density at radius 2 is 2.62 bits per heavy atom. The van der Waals surface area contributed by atoms with E-state index in [-0.39, 0.29) is 5.92 Å². The highest BCUT2D eigenvalue weighted by molar-refractivity contribution is 7.98. The second-order valence-corrected chi connectivity index (χ2v) is 4.48. The lowest BCUT2D eigenvalue weighted by Gasteiger charge is -2.03. The van der Waals surface area contributed by atoms with Gasteiger partial charge in [0.05, 0.1) is 17.1 Å². The summed E-state index contributed by atoms with van der Waals surface area (Å²) in [5.74, 6) is 0.447. The largest absolute Gasteiger partial charge is 0.481 e. The molecular formula is C8H11NO2S2. The number of rotatable bonds is 5. The summed E-state index contributed by atoms with van der Waals surface area (Å²) in [4.78, 5) is 14.6. The van der Waals surface area contributed by atoms with Crippen LogP contribution in [0.1, 0.15) is 12.6 Å². The van der Waals surface area contributed by atoms with Gasteiger partial charge in [-0.1, -0.05) is 6.92 Å². The van der Waals surface area contributed by atoms with Gasteiger partial charge in [0.2, 0.25) is 0 Å². The van der Waals surface area contributed by atoms with Gasteiger partial charge in [-0.15, -0.1) is 11.3 Å². The maximum absolute atomic E-state index is 10.5. The molecule has 5 heteroatoms. The van der Waals surface area contributed by atoms with E-state index in [2.05, 4.69) is 4.98 Å². The maximum Gasteiger partial charge on any atom is 0.307 e. The van der Waals surface area contributed by atoms with Crippen molar-refractivity contribution in [3.63, 3.8) is 0 Å². The summed E-state index contributed by atoms with van der Waals surface area (Å²) >= 11 is 3.17. The lowest BCUT2D eigenvalue weighted by molar-refractivity contribution is -0.140. The smallest absolute Gasteiger partial charge is 0.307 e. The number of carbonyl (C=O) groups is 1. The van der Waals surface area contributed by atoms with Gasteiger partial charge in [-0.05, 0) is 0 Å². The van der Waals surface area contributed by atoms with Gasteiger partial charge in [-0.25, -0.2) is 4.98 Å². The van der Waals surface area contributed by atoms with E-state index in [1.165, 1.54) is 0 Å². The predicted molar refractivity (Wildman–Crippen MR) is 55.1 cm³/mol. The van der Waals surface area contributed by atoms with E-state index >= 15 is 0 Å². The molecule has 1 unspecified atom stereocenters. The topological polar surface area (TPSA) is 50.2 Å². The fourth-order valence-corrected chi connectivity index (χ4v) is 2.37. The van der Waals surface area contributed by atoms with Crippen LogP contribution < -0.4 is 0 Å². The van der Waals surface area contributed by atoms with Crippen molar-refractivity contribution in [2.24, 2.45) is 5.92 Å². The molecule has 0 aliphatic heterocycles. The second kappa shape index (κ2) is 5.24. The highest BCUT2D eigenvalue weighted by Gasteiger charge is 2.10. The number of nitrogens with zero attached hydrogens (tertiary/aromatic N) is 1. The van der Waals surface area contributed by atoms with E-state index < -0.39 is 5.97 Å². The first-order chi connectivity index (χ1) is 6.20. The quantitative estimate of drug-likeness (QED) is 0.820. The molecule has 1 heterocycles. The molecule has 1 aromatic heterocycles. The lowest BCUT2D eigenvalue weighted by Crippen LogP contribution is -2.11. The SMILES string of the molecule is CC(CSCc1cscn1)C(=O)O. The molecule has 0 aliphatic carbocycles. The Morgan fingerprint density at radius 3 is 3.15 bits per heavy atom. The zero-order valence-electron chi connectivity index (χ0n) is 7.27. The van der Waals surface area contributed by atoms with Crippen LogP contribution in [0.3, 0.4) is 0 Å². The number of thiazole rings is 1. The summed E-state index contributed by atoms with van der Waals surface area (Å²) in [5.41, 5.74) is 2.82. The monoisotopic (exact) mass is 217 g/mol. The van der Waals surface area contributed by atoms with Crippen LogP contribution in [-0.2, 0) is 10.5 Å². The van der Waals surface area contributed by atoms with E-state index in [1.54, 1.807) is 35.5 Å². The third-order valence-electron chi connectivity index (χ3n) is 1.52. The normalized spacial score (nSPS) is 12.7. The Bertz CT molecular complexity index is 261. The number of aliphatic carboxylic acids is 1. The summed E-state index contributed by atoms with van der Waals surface area (Å²) in [6.45, 7) is 1.72. The predicted octanol–water partition coefficient (Wildman–Crippen LogP) is 2.10. The molecule has 0 spiro atoms. The van der Waals surface area contributed by atoms with Crippen LogP contribution in [0.2, 0.25) is 0 Å². The minimum atomic E-state index is -0.731. The molecule has 3 nitrogen and oxygen atoms in total. The average Bonchev–Trinajstić information content (AvgIpc) is 2.56. The first-order valence-electron chi connectivity index (χ1n) is 3.87. The van der Waals surface area contributed by atoms with Crippen LogP contribution in [0.5, 0.6) is 0 Å². The lowest BCUT2D eigenvalue weighted by atomic mass is 10.2. The molecule has 0 amide bonds. The van der Waals surface area contributed by atoms with Crippen LogP contribution in [0.25, 0.3) is 0 Å². The first-order valence-corrected chi connectivity index (χ1v) is 5.97. The number of thioether (sulfide) groups is 1. The molecule has 0 saturated heterocycles. The minimum Gasteiger partial charge on any atom is -0.481 e. The van der Waals surface area contributed by atoms with Gasteiger partial charge in [0.1, 0.15) is 0 Å². The molecule has 1 atom stereocenters. The van der Waals surface area contributed by atoms with E-state index in [4.69, 9.17) is 5.11 Å². The summed E-state index contributed by atoms with van der Waals surface area (Å²) in [6, 6.07) is 0. The Morgan fingerprint density at radius 1 is 1.85 bits per heavy atom. The van der Waals surface area contributed by atoms with Crippen molar-refractivity contribution in [1.82, 2.24) is 4.98 Å². The molecule has 1 aromatic rings. The Kier molecular flexibility index (Phi) is 4.24. The van der Waals surface area contributed by atoms with Crippen molar-refractivity contribution >= 4 is 29.1 Å². The van der Waals surface area contributed by atoms with Gasteiger partial charge in [0, 0.05) is 16.9 Å². The van der Waals surface area contributed by atoms with Crippen molar-refractivity contribution in [3.8, 4) is 0 Å². The Labute approximate surface area is 85.2 Å². The fourth-order valence-electron chi connectivity index (χ4n) is 0.720. The standard InChI is InChI=1S/C8H11NO2S2/c1-6(8(10)11)2-12-3-7-4-13-5-9-7/h4-6H,2-3H2,1H3,(H,10,11). The van der Waals surface area contributed by atoms with E-state index in [0.29, 0.717) is 5.75 Å². The highest BCUT2D eigenvalue weighted by atomic mass is 32.2. The Hall–Kier alpha value is -0.550. The van der Waals surface area contributed by atoms with Crippen LogP contribution >= 0.6 is 23.1 Å². The maximum atomic E-state index is 10.5. The van der Waals surface area contributed by atoms with Gasteiger partial charge in [-0.3, -0.25) is 4.79 Å². The van der Waals surface area contributed by atoms with Gasteiger partial charge in [-0.2, -0.15) is 11.8 Å². The zero-order valence-corrected chi connectivity index (χ0v) is 8.90. The number of carboxylic acid groups (broad SMARTS) is 1. The second-order valence-electron chi connectivity index (χ2n) is 2.73. The zero-order chi connectivity index (χ0) is 9.68. The molecule has 13 heavy (non-hydrogen) atoms. The molecule has 0 radical (unpaired) electrons. The molecule has 1 N–H and O–H groups in total. The first kappa shape index (κ1) is 10.5. The van der Waals surface area contributed by atoms with Crippen molar-refractivity contribution in [1.29, 1.82) is 0 Å². The number of aromatic nitrogens is 1. The number of hydrogen-bond acceptors (Lipinski definition) is 4. The van der Waals surface area contributed by atoms with Crippen LogP contribution in [0, 0.1) is 5.92 Å². The van der Waals surface area contributed by atoms with Gasteiger partial charge < -0.3 is 5.11 Å². The van der Waals surface area contributed by atoms with Crippen LogP contribution in [0.15, 0.2) is 10.9 Å². The summed E-state index contributed by atoms with van der Waals surface area (Å²) in [5, 5.41) is 10.6. The van der Waals surface area contributed by atoms with Crippen molar-refractivity contribution in [3.05, 3.63) is 16.6 Å². The summed E-state index contributed by atoms with van der Waals surface area (Å²) in [6.07, 6.45) is 0. The van der Waals surface area contributed by atoms with E-state index in [1.807, 2.05) is 5.38 Å². The molecule has 0 aromatic carbocycles. The fraction of sp³-hybridized carbons (Fsp3) is 0.500. The number of hydrogen-bond donors (Lipinski definition) is 1. The molecule has 0 bridgehead atoms. The van der Waals surface area contributed by atoms with Crippen molar-refractivity contribution in [2.75, 3.05) is 5.75 Å². The minimum absolute atomic E-state index is 0.274. The van der Waals surface area contributed by atoms with E-state index in [0.717, 1.165) is 11.4 Å². The molecular weight excluding hydrogens is 206 g/mol. The number of carboxylic acids is 1.